The van der Waals surface area contributed by atoms with Gasteiger partial charge in [0.05, 0.1) is 16.2 Å². The highest BCUT2D eigenvalue weighted by Gasteiger charge is 2.11. The van der Waals surface area contributed by atoms with Crippen molar-refractivity contribution in [2.24, 2.45) is 5.73 Å². The zero-order valence-corrected chi connectivity index (χ0v) is 12.7. The minimum absolute atomic E-state index is 0.0278. The molecule has 8 nitrogen and oxygen atoms in total. The van der Waals surface area contributed by atoms with E-state index < -0.39 is 4.92 Å². The van der Waals surface area contributed by atoms with Crippen molar-refractivity contribution in [2.45, 2.75) is 0 Å². The van der Waals surface area contributed by atoms with Crippen molar-refractivity contribution >= 4 is 11.8 Å². The van der Waals surface area contributed by atoms with E-state index in [1.807, 2.05) is 6.07 Å². The van der Waals surface area contributed by atoms with Gasteiger partial charge in [0, 0.05) is 29.7 Å². The Hall–Kier alpha value is -4.35. The molecule has 0 aliphatic heterocycles. The van der Waals surface area contributed by atoms with Crippen LogP contribution >= 0.6 is 0 Å². The Morgan fingerprint density at radius 1 is 1.12 bits per heavy atom. The Kier molecular flexibility index (Phi) is 4.95. The summed E-state index contributed by atoms with van der Waals surface area (Å²) in [5.74, 6) is 0. The van der Waals surface area contributed by atoms with E-state index in [0.29, 0.717) is 11.4 Å². The van der Waals surface area contributed by atoms with Crippen LogP contribution in [0.3, 0.4) is 0 Å². The molecule has 0 spiro atoms. The first-order chi connectivity index (χ1) is 12.0. The smallest absolute Gasteiger partial charge is 0.269 e. The first kappa shape index (κ1) is 17.0. The first-order valence-corrected chi connectivity index (χ1v) is 6.86. The topological polar surface area (TPSA) is 145 Å². The van der Waals surface area contributed by atoms with E-state index in [-0.39, 0.29) is 22.5 Å². The van der Waals surface area contributed by atoms with Gasteiger partial charge in [0.25, 0.3) is 5.69 Å². The van der Waals surface area contributed by atoms with Gasteiger partial charge in [-0.05, 0) is 30.3 Å². The number of rotatable bonds is 4. The normalized spacial score (nSPS) is 10.2. The second kappa shape index (κ2) is 7.28. The maximum atomic E-state index is 10.7. The molecule has 1 aromatic carbocycles. The summed E-state index contributed by atoms with van der Waals surface area (Å²) >= 11 is 0. The second-order valence-electron chi connectivity index (χ2n) is 4.76. The van der Waals surface area contributed by atoms with Crippen LogP contribution in [0.1, 0.15) is 5.69 Å². The summed E-state index contributed by atoms with van der Waals surface area (Å²) in [4.78, 5) is 10.2. The Labute approximate surface area is 142 Å². The summed E-state index contributed by atoms with van der Waals surface area (Å²) in [5, 5.41) is 37.7. The molecule has 0 aliphatic carbocycles. The number of nitro benzene ring substituents is 1. The van der Waals surface area contributed by atoms with Crippen LogP contribution < -0.4 is 5.73 Å². The van der Waals surface area contributed by atoms with E-state index in [1.165, 1.54) is 18.2 Å². The van der Waals surface area contributed by atoms with Gasteiger partial charge in [0.1, 0.15) is 18.2 Å². The lowest BCUT2D eigenvalue weighted by Gasteiger charge is -2.07. The average Bonchev–Trinajstić information content (AvgIpc) is 3.08. The van der Waals surface area contributed by atoms with Gasteiger partial charge < -0.3 is 10.3 Å². The highest BCUT2D eigenvalue weighted by Crippen LogP contribution is 2.20. The number of nitriles is 3. The van der Waals surface area contributed by atoms with Gasteiger partial charge in [-0.25, -0.2) is 0 Å². The standard InChI is InChI=1S/C17H10N6O2/c18-9-12(17(21)13(10-19)11-20)8-16-2-1-7-22(16)14-3-5-15(6-4-14)23(24)25/h1-8H,21H2. The van der Waals surface area contributed by atoms with Crippen LogP contribution in [0.15, 0.2) is 59.4 Å². The third-order valence-corrected chi connectivity index (χ3v) is 3.31. The van der Waals surface area contributed by atoms with Gasteiger partial charge in [-0.15, -0.1) is 0 Å². The number of non-ortho nitro benzene ring substituents is 1. The number of hydrogen-bond donors (Lipinski definition) is 1. The van der Waals surface area contributed by atoms with E-state index in [2.05, 4.69) is 0 Å². The molecule has 0 saturated heterocycles. The molecule has 0 atom stereocenters. The Morgan fingerprint density at radius 3 is 2.28 bits per heavy atom. The number of nitro groups is 1. The molecule has 0 fully saturated rings. The van der Waals surface area contributed by atoms with Crippen molar-refractivity contribution in [3.63, 3.8) is 0 Å². The summed E-state index contributed by atoms with van der Waals surface area (Å²) in [7, 11) is 0. The van der Waals surface area contributed by atoms with Crippen LogP contribution in [-0.2, 0) is 0 Å². The molecule has 0 radical (unpaired) electrons. The Bertz CT molecular complexity index is 991. The fraction of sp³-hybridized carbons (Fsp3) is 0. The minimum atomic E-state index is -0.495. The van der Waals surface area contributed by atoms with Crippen LogP contribution in [0, 0.1) is 44.1 Å². The third-order valence-electron chi connectivity index (χ3n) is 3.31. The van der Waals surface area contributed by atoms with Crippen molar-refractivity contribution < 1.29 is 4.92 Å². The zero-order valence-electron chi connectivity index (χ0n) is 12.7. The Balaban J connectivity index is 2.50. The number of nitrogens with zero attached hydrogens (tertiary/aromatic N) is 5. The highest BCUT2D eigenvalue weighted by atomic mass is 16.6. The molecule has 1 heterocycles. The molecule has 8 heteroatoms. The molecule has 0 amide bonds. The third kappa shape index (κ3) is 3.53. The van der Waals surface area contributed by atoms with E-state index in [1.54, 1.807) is 47.2 Å². The van der Waals surface area contributed by atoms with Crippen molar-refractivity contribution in [1.29, 1.82) is 15.8 Å². The second-order valence-corrected chi connectivity index (χ2v) is 4.76. The van der Waals surface area contributed by atoms with Gasteiger partial charge >= 0.3 is 0 Å². The predicted molar refractivity (Wildman–Crippen MR) is 88.5 cm³/mol. The van der Waals surface area contributed by atoms with Crippen molar-refractivity contribution in [2.75, 3.05) is 0 Å². The lowest BCUT2D eigenvalue weighted by Crippen LogP contribution is -2.04. The molecule has 0 bridgehead atoms. The van der Waals surface area contributed by atoms with Gasteiger partial charge in [0.15, 0.2) is 5.57 Å². The number of allylic oxidation sites excluding steroid dienone is 2. The molecule has 2 N–H and O–H groups in total. The fourth-order valence-corrected chi connectivity index (χ4v) is 2.08. The van der Waals surface area contributed by atoms with Crippen molar-refractivity contribution in [3.8, 4) is 23.9 Å². The van der Waals surface area contributed by atoms with E-state index >= 15 is 0 Å². The van der Waals surface area contributed by atoms with E-state index in [0.717, 1.165) is 0 Å². The molecule has 2 aromatic rings. The highest BCUT2D eigenvalue weighted by molar-refractivity contribution is 5.66. The lowest BCUT2D eigenvalue weighted by atomic mass is 10.1. The van der Waals surface area contributed by atoms with Crippen LogP contribution in [0.5, 0.6) is 0 Å². The van der Waals surface area contributed by atoms with Gasteiger partial charge in [-0.3, -0.25) is 10.1 Å². The molecule has 25 heavy (non-hydrogen) atoms. The summed E-state index contributed by atoms with van der Waals surface area (Å²) in [5.41, 5.74) is 6.30. The SMILES string of the molecule is N#CC(=Cc1cccn1-c1ccc([N+](=O)[O-])cc1)C(N)=C(C#N)C#N. The summed E-state index contributed by atoms with van der Waals surface area (Å²) in [6.45, 7) is 0. The molecule has 1 aromatic heterocycles. The molecule has 120 valence electrons. The maximum absolute atomic E-state index is 10.7. The van der Waals surface area contributed by atoms with Crippen LogP contribution in [0.4, 0.5) is 5.69 Å². The van der Waals surface area contributed by atoms with Gasteiger partial charge in [-0.1, -0.05) is 0 Å². The van der Waals surface area contributed by atoms with Crippen molar-refractivity contribution in [1.82, 2.24) is 4.57 Å². The number of aromatic nitrogens is 1. The Morgan fingerprint density at radius 2 is 1.76 bits per heavy atom. The minimum Gasteiger partial charge on any atom is -0.396 e. The molecule has 0 aliphatic rings. The summed E-state index contributed by atoms with van der Waals surface area (Å²) in [6.07, 6.45) is 3.14. The maximum Gasteiger partial charge on any atom is 0.269 e. The number of hydrogen-bond acceptors (Lipinski definition) is 6. The quantitative estimate of drug-likeness (QED) is 0.394. The molecule has 0 unspecified atom stereocenters. The molecule has 0 saturated carbocycles. The largest absolute Gasteiger partial charge is 0.396 e. The van der Waals surface area contributed by atoms with Crippen LogP contribution in [0.25, 0.3) is 11.8 Å². The number of benzene rings is 1. The van der Waals surface area contributed by atoms with Crippen LogP contribution in [0.2, 0.25) is 0 Å². The summed E-state index contributed by atoms with van der Waals surface area (Å²) < 4.78 is 1.69. The van der Waals surface area contributed by atoms with Crippen LogP contribution in [-0.4, -0.2) is 9.49 Å². The number of nitrogens with two attached hydrogens (primary N) is 1. The average molecular weight is 330 g/mol. The lowest BCUT2D eigenvalue weighted by molar-refractivity contribution is -0.384. The van der Waals surface area contributed by atoms with Gasteiger partial charge in [0.2, 0.25) is 0 Å². The molecule has 2 rings (SSSR count). The van der Waals surface area contributed by atoms with E-state index in [9.17, 15) is 15.4 Å². The monoisotopic (exact) mass is 330 g/mol. The molecular formula is C17H10N6O2. The van der Waals surface area contributed by atoms with Crippen molar-refractivity contribution in [3.05, 3.63) is 75.2 Å². The molecular weight excluding hydrogens is 320 g/mol. The fourth-order valence-electron chi connectivity index (χ4n) is 2.08. The zero-order chi connectivity index (χ0) is 18.4. The first-order valence-electron chi connectivity index (χ1n) is 6.86. The predicted octanol–water partition coefficient (Wildman–Crippen LogP) is 2.55. The van der Waals surface area contributed by atoms with Gasteiger partial charge in [-0.2, -0.15) is 15.8 Å². The van der Waals surface area contributed by atoms with E-state index in [4.69, 9.17) is 16.3 Å². The summed E-state index contributed by atoms with van der Waals surface area (Å²) in [6, 6.07) is 14.4.